The van der Waals surface area contributed by atoms with Gasteiger partial charge in [0.25, 0.3) is 5.91 Å². The third-order valence-electron chi connectivity index (χ3n) is 4.78. The van der Waals surface area contributed by atoms with Gasteiger partial charge < -0.3 is 19.9 Å². The summed E-state index contributed by atoms with van der Waals surface area (Å²) in [6.07, 6.45) is -0.228. The second-order valence-electron chi connectivity index (χ2n) is 7.83. The van der Waals surface area contributed by atoms with Crippen molar-refractivity contribution in [1.29, 1.82) is 0 Å². The second kappa shape index (κ2) is 11.5. The van der Waals surface area contributed by atoms with Crippen LogP contribution in [0.5, 0.6) is 0 Å². The van der Waals surface area contributed by atoms with Gasteiger partial charge in [-0.25, -0.2) is 4.79 Å². The number of nitrogens with zero attached hydrogens (tertiary/aromatic N) is 3. The van der Waals surface area contributed by atoms with E-state index in [2.05, 4.69) is 20.8 Å². The van der Waals surface area contributed by atoms with Gasteiger partial charge in [-0.1, -0.05) is 36.0 Å². The lowest BCUT2D eigenvalue weighted by atomic mass is 10.1. The van der Waals surface area contributed by atoms with Gasteiger partial charge in [0.2, 0.25) is 5.91 Å². The van der Waals surface area contributed by atoms with Crippen LogP contribution in [0.3, 0.4) is 0 Å². The highest BCUT2D eigenvalue weighted by molar-refractivity contribution is 7.99. The number of aryl methyl sites for hydroxylation is 1. The molecule has 2 N–H and O–H groups in total. The molecule has 0 spiro atoms. The third kappa shape index (κ3) is 6.67. The highest BCUT2D eigenvalue weighted by Crippen LogP contribution is 2.18. The van der Waals surface area contributed by atoms with Crippen LogP contribution < -0.4 is 10.6 Å². The Balaban J connectivity index is 1.52. The molecular formula is C24H27N5O4S. The molecule has 3 aromatic rings. The van der Waals surface area contributed by atoms with Crippen molar-refractivity contribution < 1.29 is 19.1 Å². The van der Waals surface area contributed by atoms with Crippen molar-refractivity contribution in [3.8, 4) is 0 Å². The Kier molecular flexibility index (Phi) is 8.42. The maximum atomic E-state index is 12.4. The predicted molar refractivity (Wildman–Crippen MR) is 130 cm³/mol. The Bertz CT molecular complexity index is 1190. The summed E-state index contributed by atoms with van der Waals surface area (Å²) in [4.78, 5) is 36.9. The highest BCUT2D eigenvalue weighted by Gasteiger charge is 2.15. The molecule has 0 aliphatic heterocycles. The maximum Gasteiger partial charge on any atom is 0.338 e. The van der Waals surface area contributed by atoms with E-state index in [4.69, 9.17) is 4.74 Å². The zero-order chi connectivity index (χ0) is 24.7. The number of benzene rings is 2. The summed E-state index contributed by atoms with van der Waals surface area (Å²) in [6.45, 7) is 5.64. The van der Waals surface area contributed by atoms with Crippen molar-refractivity contribution in [3.63, 3.8) is 0 Å². The molecule has 10 heteroatoms. The largest absolute Gasteiger partial charge is 0.459 e. The van der Waals surface area contributed by atoms with Crippen molar-refractivity contribution in [2.75, 3.05) is 11.1 Å². The van der Waals surface area contributed by atoms with Gasteiger partial charge in [0.1, 0.15) is 0 Å². The van der Waals surface area contributed by atoms with Gasteiger partial charge in [-0.2, -0.15) is 0 Å². The molecule has 0 unspecified atom stereocenters. The fourth-order valence-corrected chi connectivity index (χ4v) is 3.77. The molecule has 0 radical (unpaired) electrons. The van der Waals surface area contributed by atoms with Gasteiger partial charge in [0.05, 0.1) is 24.0 Å². The van der Waals surface area contributed by atoms with Crippen molar-refractivity contribution in [2.24, 2.45) is 7.05 Å². The molecule has 34 heavy (non-hydrogen) atoms. The monoisotopic (exact) mass is 481 g/mol. The Morgan fingerprint density at radius 3 is 2.59 bits per heavy atom. The van der Waals surface area contributed by atoms with E-state index in [1.807, 2.05) is 25.1 Å². The van der Waals surface area contributed by atoms with Gasteiger partial charge in [-0.3, -0.25) is 9.59 Å². The number of nitrogens with one attached hydrogen (secondary N) is 2. The summed E-state index contributed by atoms with van der Waals surface area (Å²) in [6, 6.07) is 13.9. The van der Waals surface area contributed by atoms with Crippen LogP contribution >= 0.6 is 11.8 Å². The van der Waals surface area contributed by atoms with Gasteiger partial charge in [-0.05, 0) is 50.6 Å². The SMILES string of the molecule is Cc1ccccc1C(=O)NCc1nnc(SCC(=O)Nc2cccc(C(=O)OC(C)C)c2)n1C. The van der Waals surface area contributed by atoms with Crippen molar-refractivity contribution >= 4 is 35.2 Å². The minimum absolute atomic E-state index is 0.0994. The van der Waals surface area contributed by atoms with Gasteiger partial charge in [0.15, 0.2) is 11.0 Å². The van der Waals surface area contributed by atoms with Crippen LogP contribution in [-0.2, 0) is 23.1 Å². The number of anilines is 1. The molecule has 2 amide bonds. The number of esters is 1. The average Bonchev–Trinajstić information content (AvgIpc) is 3.15. The molecule has 0 fully saturated rings. The number of aromatic nitrogens is 3. The molecule has 0 bridgehead atoms. The van der Waals surface area contributed by atoms with Crippen LogP contribution in [-0.4, -0.2) is 44.4 Å². The Morgan fingerprint density at radius 2 is 1.85 bits per heavy atom. The zero-order valence-corrected chi connectivity index (χ0v) is 20.3. The molecule has 9 nitrogen and oxygen atoms in total. The summed E-state index contributed by atoms with van der Waals surface area (Å²) < 4.78 is 6.92. The van der Waals surface area contributed by atoms with E-state index in [0.717, 1.165) is 5.56 Å². The Labute approximate surface area is 202 Å². The Hall–Kier alpha value is -3.66. The minimum atomic E-state index is -0.443. The summed E-state index contributed by atoms with van der Waals surface area (Å²) in [5.41, 5.74) is 2.37. The van der Waals surface area contributed by atoms with E-state index in [9.17, 15) is 14.4 Å². The van der Waals surface area contributed by atoms with E-state index < -0.39 is 5.97 Å². The number of thioether (sulfide) groups is 1. The topological polar surface area (TPSA) is 115 Å². The van der Waals surface area contributed by atoms with Crippen molar-refractivity contribution in [1.82, 2.24) is 20.1 Å². The molecule has 0 atom stereocenters. The van der Waals surface area contributed by atoms with Crippen LogP contribution in [0.25, 0.3) is 0 Å². The fourth-order valence-electron chi connectivity index (χ4n) is 3.04. The number of carbonyl (C=O) groups is 3. The summed E-state index contributed by atoms with van der Waals surface area (Å²) >= 11 is 1.22. The van der Waals surface area contributed by atoms with E-state index in [0.29, 0.717) is 27.8 Å². The van der Waals surface area contributed by atoms with E-state index in [1.54, 1.807) is 55.8 Å². The smallest absolute Gasteiger partial charge is 0.338 e. The molecule has 3 rings (SSSR count). The zero-order valence-electron chi connectivity index (χ0n) is 19.5. The first-order chi connectivity index (χ1) is 16.2. The summed E-state index contributed by atoms with van der Waals surface area (Å²) in [5.74, 6) is -0.212. The first kappa shape index (κ1) is 25.0. The molecule has 0 saturated carbocycles. The van der Waals surface area contributed by atoms with Crippen LogP contribution in [0.2, 0.25) is 0 Å². The molecule has 178 valence electrons. The van der Waals surface area contributed by atoms with Crippen LogP contribution in [0.4, 0.5) is 5.69 Å². The number of carbonyl (C=O) groups excluding carboxylic acids is 3. The average molecular weight is 482 g/mol. The number of ether oxygens (including phenoxy) is 1. The standard InChI is InChI=1S/C24H27N5O4S/c1-15(2)33-23(32)17-9-7-10-18(12-17)26-21(30)14-34-24-28-27-20(29(24)4)13-25-22(31)19-11-6-5-8-16(19)3/h5-12,15H,13-14H2,1-4H3,(H,25,31)(H,26,30). The van der Waals surface area contributed by atoms with Crippen molar-refractivity contribution in [2.45, 2.75) is 38.6 Å². The lowest BCUT2D eigenvalue weighted by Gasteiger charge is -2.10. The molecule has 2 aromatic carbocycles. The highest BCUT2D eigenvalue weighted by atomic mass is 32.2. The van der Waals surface area contributed by atoms with Crippen LogP contribution in [0.15, 0.2) is 53.7 Å². The number of hydrogen-bond acceptors (Lipinski definition) is 7. The Morgan fingerprint density at radius 1 is 1.09 bits per heavy atom. The maximum absolute atomic E-state index is 12.4. The van der Waals surface area contributed by atoms with Gasteiger partial charge in [0, 0.05) is 18.3 Å². The molecule has 0 saturated heterocycles. The molecule has 1 aromatic heterocycles. The molecule has 0 aliphatic rings. The first-order valence-corrected chi connectivity index (χ1v) is 11.7. The second-order valence-corrected chi connectivity index (χ2v) is 8.77. The lowest BCUT2D eigenvalue weighted by Crippen LogP contribution is -2.25. The first-order valence-electron chi connectivity index (χ1n) is 10.7. The van der Waals surface area contributed by atoms with Gasteiger partial charge in [-0.15, -0.1) is 10.2 Å². The quantitative estimate of drug-likeness (QED) is 0.356. The van der Waals surface area contributed by atoms with Crippen LogP contribution in [0, 0.1) is 6.92 Å². The van der Waals surface area contributed by atoms with Gasteiger partial charge >= 0.3 is 5.97 Å². The molecule has 1 heterocycles. The number of rotatable bonds is 9. The van der Waals surface area contributed by atoms with E-state index in [-0.39, 0.29) is 30.2 Å². The fraction of sp³-hybridized carbons (Fsp3) is 0.292. The predicted octanol–water partition coefficient (Wildman–Crippen LogP) is 3.35. The third-order valence-corrected chi connectivity index (χ3v) is 5.80. The van der Waals surface area contributed by atoms with Crippen molar-refractivity contribution in [3.05, 3.63) is 71.0 Å². The van der Waals surface area contributed by atoms with E-state index in [1.165, 1.54) is 11.8 Å². The van der Waals surface area contributed by atoms with E-state index >= 15 is 0 Å². The normalized spacial score (nSPS) is 10.7. The summed E-state index contributed by atoms with van der Waals surface area (Å²) in [5, 5.41) is 14.4. The number of amides is 2. The molecular weight excluding hydrogens is 454 g/mol. The lowest BCUT2D eigenvalue weighted by molar-refractivity contribution is -0.113. The number of hydrogen-bond donors (Lipinski definition) is 2. The minimum Gasteiger partial charge on any atom is -0.459 e. The van der Waals surface area contributed by atoms with Crippen LogP contribution in [0.1, 0.15) is 46.0 Å². The molecule has 0 aliphatic carbocycles. The summed E-state index contributed by atoms with van der Waals surface area (Å²) in [7, 11) is 1.78.